The first-order valence-corrected chi connectivity index (χ1v) is 9.24. The second-order valence-corrected chi connectivity index (χ2v) is 6.82. The van der Waals surface area contributed by atoms with E-state index in [0.29, 0.717) is 24.6 Å². The van der Waals surface area contributed by atoms with Crippen LogP contribution in [0.4, 0.5) is 4.39 Å². The van der Waals surface area contributed by atoms with Crippen LogP contribution >= 0.6 is 0 Å². The number of aromatic nitrogens is 3. The third kappa shape index (κ3) is 3.74. The molecule has 1 atom stereocenters. The molecule has 3 aromatic rings. The van der Waals surface area contributed by atoms with Crippen molar-refractivity contribution in [1.82, 2.24) is 20.1 Å². The minimum absolute atomic E-state index is 0.0514. The number of hydrogen-bond acceptors (Lipinski definition) is 4. The maximum absolute atomic E-state index is 13.1. The van der Waals surface area contributed by atoms with E-state index in [1.807, 2.05) is 29.2 Å². The van der Waals surface area contributed by atoms with E-state index >= 15 is 0 Å². The summed E-state index contributed by atoms with van der Waals surface area (Å²) < 4.78 is 18.4. The summed E-state index contributed by atoms with van der Waals surface area (Å²) in [5.41, 5.74) is 1.65. The molecule has 4 rings (SSSR count). The lowest BCUT2D eigenvalue weighted by atomic mass is 10.1. The highest BCUT2D eigenvalue weighted by Gasteiger charge is 2.32. The lowest BCUT2D eigenvalue weighted by molar-refractivity contribution is -0.131. The molecule has 1 amide bonds. The van der Waals surface area contributed by atoms with E-state index in [9.17, 15) is 9.18 Å². The van der Waals surface area contributed by atoms with Crippen LogP contribution in [0.25, 0.3) is 11.4 Å². The summed E-state index contributed by atoms with van der Waals surface area (Å²) in [7, 11) is 1.61. The summed E-state index contributed by atoms with van der Waals surface area (Å²) in [6, 6.07) is 13.5. The van der Waals surface area contributed by atoms with Gasteiger partial charge in [0.15, 0.2) is 5.82 Å². The van der Waals surface area contributed by atoms with E-state index in [1.54, 1.807) is 19.2 Å². The van der Waals surface area contributed by atoms with Gasteiger partial charge in [0.1, 0.15) is 17.4 Å². The highest BCUT2D eigenvalue weighted by molar-refractivity contribution is 5.79. The van der Waals surface area contributed by atoms with Crippen LogP contribution in [0, 0.1) is 5.82 Å². The Morgan fingerprint density at radius 1 is 1.29 bits per heavy atom. The van der Waals surface area contributed by atoms with Gasteiger partial charge in [-0.05, 0) is 54.8 Å². The number of methoxy groups -OCH3 is 1. The Morgan fingerprint density at radius 2 is 2.11 bits per heavy atom. The molecular formula is C21H21FN4O2. The summed E-state index contributed by atoms with van der Waals surface area (Å²) in [4.78, 5) is 19.3. The van der Waals surface area contributed by atoms with Gasteiger partial charge in [0.2, 0.25) is 5.91 Å². The number of aromatic amines is 1. The summed E-state index contributed by atoms with van der Waals surface area (Å²) in [6.45, 7) is 0.694. The summed E-state index contributed by atoms with van der Waals surface area (Å²) in [5, 5.41) is 7.21. The number of ether oxygens (including phenoxy) is 1. The zero-order chi connectivity index (χ0) is 19.5. The quantitative estimate of drug-likeness (QED) is 0.735. The molecular weight excluding hydrogens is 359 g/mol. The first kappa shape index (κ1) is 18.2. The molecule has 7 heteroatoms. The molecule has 1 N–H and O–H groups in total. The third-order valence-electron chi connectivity index (χ3n) is 4.98. The average molecular weight is 380 g/mol. The molecule has 0 aliphatic carbocycles. The third-order valence-corrected chi connectivity index (χ3v) is 4.98. The van der Waals surface area contributed by atoms with Crippen LogP contribution in [-0.4, -0.2) is 39.6 Å². The second kappa shape index (κ2) is 7.80. The normalized spacial score (nSPS) is 16.4. The van der Waals surface area contributed by atoms with Crippen molar-refractivity contribution in [1.29, 1.82) is 0 Å². The lowest BCUT2D eigenvalue weighted by Crippen LogP contribution is -2.32. The largest absolute Gasteiger partial charge is 0.497 e. The van der Waals surface area contributed by atoms with Crippen LogP contribution in [0.3, 0.4) is 0 Å². The Hall–Kier alpha value is -3.22. The molecule has 0 bridgehead atoms. The zero-order valence-electron chi connectivity index (χ0n) is 15.6. The second-order valence-electron chi connectivity index (χ2n) is 6.82. The molecule has 1 aromatic heterocycles. The predicted molar refractivity (Wildman–Crippen MR) is 102 cm³/mol. The van der Waals surface area contributed by atoms with Gasteiger partial charge in [-0.1, -0.05) is 12.1 Å². The first-order valence-electron chi connectivity index (χ1n) is 9.24. The number of amides is 1. The van der Waals surface area contributed by atoms with Crippen molar-refractivity contribution >= 4 is 5.91 Å². The fourth-order valence-corrected chi connectivity index (χ4v) is 3.56. The minimum Gasteiger partial charge on any atom is -0.497 e. The molecule has 2 heterocycles. The fourth-order valence-electron chi connectivity index (χ4n) is 3.56. The van der Waals surface area contributed by atoms with Crippen molar-refractivity contribution in [3.8, 4) is 17.1 Å². The summed E-state index contributed by atoms with van der Waals surface area (Å²) in [6.07, 6.45) is 2.07. The van der Waals surface area contributed by atoms with Crippen LogP contribution in [0.2, 0.25) is 0 Å². The van der Waals surface area contributed by atoms with Gasteiger partial charge in [0.05, 0.1) is 19.6 Å². The van der Waals surface area contributed by atoms with Crippen LogP contribution in [-0.2, 0) is 11.2 Å². The van der Waals surface area contributed by atoms with Gasteiger partial charge in [-0.15, -0.1) is 0 Å². The molecule has 1 fully saturated rings. The van der Waals surface area contributed by atoms with Crippen molar-refractivity contribution in [2.45, 2.75) is 25.3 Å². The number of nitrogens with one attached hydrogen (secondary N) is 1. The van der Waals surface area contributed by atoms with Crippen molar-refractivity contribution in [2.24, 2.45) is 0 Å². The van der Waals surface area contributed by atoms with Gasteiger partial charge in [0.25, 0.3) is 0 Å². The Labute approximate surface area is 162 Å². The molecule has 28 heavy (non-hydrogen) atoms. The Bertz CT molecular complexity index is 971. The number of halogens is 1. The molecule has 1 aliphatic heterocycles. The van der Waals surface area contributed by atoms with Crippen LogP contribution in [0.15, 0.2) is 48.5 Å². The van der Waals surface area contributed by atoms with E-state index in [-0.39, 0.29) is 17.8 Å². The van der Waals surface area contributed by atoms with E-state index in [1.165, 1.54) is 12.1 Å². The van der Waals surface area contributed by atoms with Gasteiger partial charge in [-0.2, -0.15) is 5.10 Å². The zero-order valence-corrected chi connectivity index (χ0v) is 15.6. The minimum atomic E-state index is -0.301. The number of nitrogens with zero attached hydrogens (tertiary/aromatic N) is 3. The number of benzene rings is 2. The average Bonchev–Trinajstić information content (AvgIpc) is 3.38. The summed E-state index contributed by atoms with van der Waals surface area (Å²) in [5.74, 6) is 1.65. The predicted octanol–water partition coefficient (Wildman–Crippen LogP) is 3.53. The van der Waals surface area contributed by atoms with Crippen LogP contribution < -0.4 is 4.74 Å². The number of carbonyl (C=O) groups excluding carboxylic acids is 1. The molecule has 144 valence electrons. The van der Waals surface area contributed by atoms with Crippen molar-refractivity contribution in [2.75, 3.05) is 13.7 Å². The maximum atomic E-state index is 13.1. The van der Waals surface area contributed by atoms with Crippen molar-refractivity contribution < 1.29 is 13.9 Å². The van der Waals surface area contributed by atoms with E-state index in [2.05, 4.69) is 15.2 Å². The molecule has 1 saturated heterocycles. The highest BCUT2D eigenvalue weighted by Crippen LogP contribution is 2.31. The summed E-state index contributed by atoms with van der Waals surface area (Å²) >= 11 is 0. The molecule has 0 radical (unpaired) electrons. The Morgan fingerprint density at radius 3 is 2.89 bits per heavy atom. The molecule has 1 aliphatic rings. The number of rotatable bonds is 5. The molecule has 6 nitrogen and oxygen atoms in total. The Balaban J connectivity index is 1.50. The molecule has 2 aromatic carbocycles. The Kier molecular flexibility index (Phi) is 5.06. The van der Waals surface area contributed by atoms with Crippen molar-refractivity contribution in [3.63, 3.8) is 0 Å². The van der Waals surface area contributed by atoms with Gasteiger partial charge in [-0.3, -0.25) is 9.89 Å². The SMILES string of the molecule is COc1cccc(CC(=O)N2CCC[C@H]2c2nc(-c3ccc(F)cc3)n[nH]2)c1. The van der Waals surface area contributed by atoms with E-state index in [0.717, 1.165) is 29.7 Å². The van der Waals surface area contributed by atoms with Crippen LogP contribution in [0.1, 0.15) is 30.3 Å². The number of H-pyrrole nitrogens is 1. The van der Waals surface area contributed by atoms with Crippen molar-refractivity contribution in [3.05, 3.63) is 65.7 Å². The van der Waals surface area contributed by atoms with Gasteiger partial charge in [-0.25, -0.2) is 9.37 Å². The topological polar surface area (TPSA) is 71.1 Å². The standard InChI is InChI=1S/C21H21FN4O2/c1-28-17-5-2-4-14(12-17)13-19(27)26-11-3-6-18(26)21-23-20(24-25-21)15-7-9-16(22)10-8-15/h2,4-5,7-10,12,18H,3,6,11,13H2,1H3,(H,23,24,25)/t18-/m0/s1. The molecule has 0 spiro atoms. The number of likely N-dealkylation sites (tertiary alicyclic amines) is 1. The highest BCUT2D eigenvalue weighted by atomic mass is 19.1. The van der Waals surface area contributed by atoms with Gasteiger partial charge < -0.3 is 9.64 Å². The number of hydrogen-bond donors (Lipinski definition) is 1. The maximum Gasteiger partial charge on any atom is 0.227 e. The van der Waals surface area contributed by atoms with Gasteiger partial charge >= 0.3 is 0 Å². The fraction of sp³-hybridized carbons (Fsp3) is 0.286. The lowest BCUT2D eigenvalue weighted by Gasteiger charge is -2.23. The smallest absolute Gasteiger partial charge is 0.227 e. The number of carbonyl (C=O) groups is 1. The van der Waals surface area contributed by atoms with Crippen LogP contribution in [0.5, 0.6) is 5.75 Å². The monoisotopic (exact) mass is 380 g/mol. The van der Waals surface area contributed by atoms with E-state index < -0.39 is 0 Å². The molecule has 0 unspecified atom stereocenters. The van der Waals surface area contributed by atoms with E-state index in [4.69, 9.17) is 4.74 Å². The first-order chi connectivity index (χ1) is 13.6. The molecule has 0 saturated carbocycles. The van der Waals surface area contributed by atoms with Gasteiger partial charge in [0, 0.05) is 12.1 Å².